The number of nitrogens with zero attached hydrogens (tertiary/aromatic N) is 2. The molecule has 0 saturated carbocycles. The van der Waals surface area contributed by atoms with Gasteiger partial charge in [0.2, 0.25) is 0 Å². The van der Waals surface area contributed by atoms with Gasteiger partial charge in [0, 0.05) is 38.5 Å². The van der Waals surface area contributed by atoms with Crippen LogP contribution < -0.4 is 0 Å². The SMILES string of the molecule is CCC.[CH-]=Cn1c(SCc2ccccc2)cnc1[C-]=O.[Y]. The first kappa shape index (κ1) is 20.3. The summed E-state index contributed by atoms with van der Waals surface area (Å²) in [5.74, 6) is 1.00. The van der Waals surface area contributed by atoms with Crippen LogP contribution in [0.4, 0.5) is 0 Å². The zero-order chi connectivity index (χ0) is 14.8. The van der Waals surface area contributed by atoms with E-state index >= 15 is 0 Å². The Bertz CT molecular complexity index is 540. The Kier molecular flexibility index (Phi) is 11.5. The second-order valence-corrected chi connectivity index (χ2v) is 5.02. The molecule has 1 radical (unpaired) electrons. The number of carbonyl (C=O) groups excluding carboxylic acids is 1. The van der Waals surface area contributed by atoms with Gasteiger partial charge in [0.05, 0.1) is 11.2 Å². The monoisotopic (exact) mass is 375 g/mol. The second kappa shape index (κ2) is 11.9. The molecule has 0 spiro atoms. The summed E-state index contributed by atoms with van der Waals surface area (Å²) in [4.78, 5) is 14.5. The van der Waals surface area contributed by atoms with Crippen LogP contribution in [-0.2, 0) is 43.3 Å². The number of thioether (sulfide) groups is 1. The Hall–Kier alpha value is -0.706. The maximum atomic E-state index is 10.6. The van der Waals surface area contributed by atoms with Crippen molar-refractivity contribution in [2.45, 2.75) is 31.0 Å². The van der Waals surface area contributed by atoms with Gasteiger partial charge in [-0.3, -0.25) is 4.98 Å². The maximum Gasteiger partial charge on any atom is 0.0944 e. The molecule has 0 aliphatic rings. The van der Waals surface area contributed by atoms with Crippen molar-refractivity contribution in [2.75, 3.05) is 0 Å². The van der Waals surface area contributed by atoms with Gasteiger partial charge in [-0.1, -0.05) is 50.6 Å². The third-order valence-corrected chi connectivity index (χ3v) is 3.31. The predicted molar refractivity (Wildman–Crippen MR) is 84.1 cm³/mol. The topological polar surface area (TPSA) is 34.9 Å². The number of hydrogen-bond acceptors (Lipinski definition) is 3. The van der Waals surface area contributed by atoms with Crippen LogP contribution in [0, 0.1) is 6.58 Å². The first-order valence-corrected chi connectivity index (χ1v) is 7.42. The average Bonchev–Trinajstić information content (AvgIpc) is 2.89. The number of rotatable bonds is 5. The van der Waals surface area contributed by atoms with Crippen molar-refractivity contribution in [1.29, 1.82) is 0 Å². The number of benzene rings is 1. The molecule has 0 amide bonds. The molecule has 0 fully saturated rings. The fourth-order valence-corrected chi connectivity index (χ4v) is 2.32. The minimum Gasteiger partial charge on any atom is -0.534 e. The number of imidazole rings is 1. The minimum absolute atomic E-state index is 0. The van der Waals surface area contributed by atoms with Gasteiger partial charge in [-0.25, -0.2) is 0 Å². The molecule has 1 aromatic carbocycles. The molecular weight excluding hydrogens is 357 g/mol. The van der Waals surface area contributed by atoms with Crippen LogP contribution in [0.25, 0.3) is 6.20 Å². The van der Waals surface area contributed by atoms with Crippen LogP contribution in [-0.4, -0.2) is 15.8 Å². The third-order valence-electron chi connectivity index (χ3n) is 2.23. The van der Waals surface area contributed by atoms with E-state index in [1.54, 1.807) is 24.2 Å². The molecule has 0 aliphatic carbocycles. The molecule has 109 valence electrons. The van der Waals surface area contributed by atoms with Gasteiger partial charge < -0.3 is 15.9 Å². The zero-order valence-corrected chi connectivity index (χ0v) is 16.0. The van der Waals surface area contributed by atoms with Gasteiger partial charge in [-0.15, -0.1) is 11.8 Å². The van der Waals surface area contributed by atoms with Crippen LogP contribution in [0.15, 0.2) is 41.6 Å². The van der Waals surface area contributed by atoms with Crippen molar-refractivity contribution >= 4 is 24.2 Å². The van der Waals surface area contributed by atoms with Gasteiger partial charge in [-0.2, -0.15) is 12.5 Å². The molecule has 1 heterocycles. The Balaban J connectivity index is 0.000000922. The molecular formula is C16H18N2OSY-2. The van der Waals surface area contributed by atoms with Gasteiger partial charge in [0.1, 0.15) is 0 Å². The van der Waals surface area contributed by atoms with Crippen molar-refractivity contribution in [3.63, 3.8) is 0 Å². The summed E-state index contributed by atoms with van der Waals surface area (Å²) < 4.78 is 1.53. The standard InChI is InChI=1S/C13H10N2OS.C3H8.Y/c1-2-15-12(9-16)14-8-13(15)17-10-11-6-4-3-5-7-11;1-3-2;/h1-8H,10H2;3H2,1-2H3;/q-2;;. The fraction of sp³-hybridized carbons (Fsp3) is 0.250. The van der Waals surface area contributed by atoms with Crippen LogP contribution in [0.1, 0.15) is 31.7 Å². The van der Waals surface area contributed by atoms with Crippen LogP contribution in [0.2, 0.25) is 0 Å². The summed E-state index contributed by atoms with van der Waals surface area (Å²) in [5, 5.41) is 0.828. The molecule has 0 unspecified atom stereocenters. The first-order valence-electron chi connectivity index (χ1n) is 6.43. The quantitative estimate of drug-likeness (QED) is 0.586. The minimum atomic E-state index is 0. The predicted octanol–water partition coefficient (Wildman–Crippen LogP) is 3.95. The molecule has 21 heavy (non-hydrogen) atoms. The van der Waals surface area contributed by atoms with E-state index in [9.17, 15) is 4.79 Å². The first-order chi connectivity index (χ1) is 9.76. The summed E-state index contributed by atoms with van der Waals surface area (Å²) in [7, 11) is 0. The van der Waals surface area contributed by atoms with E-state index in [1.807, 2.05) is 30.3 Å². The van der Waals surface area contributed by atoms with Crippen molar-refractivity contribution in [2.24, 2.45) is 0 Å². The normalized spacial score (nSPS) is 9.05. The fourth-order valence-electron chi connectivity index (χ4n) is 1.40. The van der Waals surface area contributed by atoms with Crippen molar-refractivity contribution in [3.8, 4) is 0 Å². The molecule has 0 N–H and O–H groups in total. The van der Waals surface area contributed by atoms with E-state index < -0.39 is 0 Å². The Morgan fingerprint density at radius 2 is 1.95 bits per heavy atom. The van der Waals surface area contributed by atoms with Gasteiger partial charge in [0.25, 0.3) is 0 Å². The molecule has 0 aliphatic heterocycles. The Labute approximate surface area is 156 Å². The van der Waals surface area contributed by atoms with Crippen LogP contribution >= 0.6 is 11.8 Å². The second-order valence-electron chi connectivity index (χ2n) is 4.02. The maximum absolute atomic E-state index is 10.6. The summed E-state index contributed by atoms with van der Waals surface area (Å²) in [6.45, 7) is 9.70. The van der Waals surface area contributed by atoms with E-state index in [1.165, 1.54) is 22.8 Å². The number of hydrogen-bond donors (Lipinski definition) is 0. The summed E-state index contributed by atoms with van der Waals surface area (Å²) >= 11 is 1.57. The molecule has 2 aromatic rings. The van der Waals surface area contributed by atoms with Gasteiger partial charge >= 0.3 is 0 Å². The largest absolute Gasteiger partial charge is 0.534 e. The van der Waals surface area contributed by atoms with E-state index in [0.29, 0.717) is 0 Å². The molecule has 0 atom stereocenters. The number of aromatic nitrogens is 2. The molecule has 2 rings (SSSR count). The summed E-state index contributed by atoms with van der Waals surface area (Å²) in [6, 6.07) is 10.1. The van der Waals surface area contributed by atoms with Crippen molar-refractivity contribution < 1.29 is 37.5 Å². The zero-order valence-electron chi connectivity index (χ0n) is 12.3. The van der Waals surface area contributed by atoms with Crippen LogP contribution in [0.5, 0.6) is 0 Å². The van der Waals surface area contributed by atoms with Gasteiger partial charge in [0.15, 0.2) is 0 Å². The molecule has 0 saturated heterocycles. The van der Waals surface area contributed by atoms with E-state index in [-0.39, 0.29) is 38.5 Å². The molecule has 3 nitrogen and oxygen atoms in total. The smallest absolute Gasteiger partial charge is 0.0944 e. The summed E-state index contributed by atoms with van der Waals surface area (Å²) in [6.07, 6.45) is 5.93. The summed E-state index contributed by atoms with van der Waals surface area (Å²) in [5.41, 5.74) is 1.21. The van der Waals surface area contributed by atoms with E-state index in [4.69, 9.17) is 6.58 Å². The Morgan fingerprint density at radius 1 is 1.33 bits per heavy atom. The van der Waals surface area contributed by atoms with Crippen molar-refractivity contribution in [1.82, 2.24) is 9.55 Å². The van der Waals surface area contributed by atoms with Crippen LogP contribution in [0.3, 0.4) is 0 Å². The molecule has 5 heteroatoms. The van der Waals surface area contributed by atoms with Gasteiger partial charge in [-0.05, 0) is 11.4 Å². The average molecular weight is 375 g/mol. The molecule has 0 bridgehead atoms. The Morgan fingerprint density at radius 3 is 2.48 bits per heavy atom. The van der Waals surface area contributed by atoms with E-state index in [2.05, 4.69) is 18.8 Å². The third kappa shape index (κ3) is 6.72. The van der Waals surface area contributed by atoms with E-state index in [0.717, 1.165) is 10.8 Å². The molecule has 1 aromatic heterocycles. The van der Waals surface area contributed by atoms with Crippen molar-refractivity contribution in [3.05, 3.63) is 54.5 Å².